The van der Waals surface area contributed by atoms with E-state index < -0.39 is 5.60 Å². The molecular weight excluding hydrogens is 271 g/mol. The van der Waals surface area contributed by atoms with Gasteiger partial charge in [-0.05, 0) is 36.6 Å². The highest BCUT2D eigenvalue weighted by atomic mass is 19.1. The maximum Gasteiger partial charge on any atom is 0.224 e. The van der Waals surface area contributed by atoms with Gasteiger partial charge in [0.15, 0.2) is 0 Å². The van der Waals surface area contributed by atoms with Gasteiger partial charge in [-0.25, -0.2) is 4.39 Å². The normalized spacial score (nSPS) is 17.2. The maximum atomic E-state index is 13.3. The predicted molar refractivity (Wildman–Crippen MR) is 78.4 cm³/mol. The molecule has 4 nitrogen and oxygen atoms in total. The number of aromatic amines is 1. The minimum Gasteiger partial charge on any atom is -0.388 e. The predicted octanol–water partition coefficient (Wildman–Crippen LogP) is 2.27. The Morgan fingerprint density at radius 1 is 1.38 bits per heavy atom. The van der Waals surface area contributed by atoms with E-state index in [0.29, 0.717) is 6.54 Å². The first kappa shape index (κ1) is 14.1. The number of rotatable bonds is 4. The van der Waals surface area contributed by atoms with E-state index in [9.17, 15) is 14.3 Å². The van der Waals surface area contributed by atoms with Crippen molar-refractivity contribution in [2.45, 2.75) is 37.7 Å². The zero-order valence-corrected chi connectivity index (χ0v) is 11.8. The largest absolute Gasteiger partial charge is 0.388 e. The molecule has 0 spiro atoms. The number of hydrogen-bond donors (Lipinski definition) is 3. The number of H-pyrrole nitrogens is 1. The van der Waals surface area contributed by atoms with E-state index in [4.69, 9.17) is 0 Å². The van der Waals surface area contributed by atoms with Crippen LogP contribution in [0.4, 0.5) is 4.39 Å². The molecule has 0 saturated heterocycles. The molecule has 1 amide bonds. The molecule has 3 rings (SSSR count). The zero-order chi connectivity index (χ0) is 14.9. The summed E-state index contributed by atoms with van der Waals surface area (Å²) in [6, 6.07) is 4.48. The third kappa shape index (κ3) is 3.08. The fourth-order valence-corrected chi connectivity index (χ4v) is 3.01. The summed E-state index contributed by atoms with van der Waals surface area (Å²) < 4.78 is 13.3. The lowest BCUT2D eigenvalue weighted by molar-refractivity contribution is -0.121. The van der Waals surface area contributed by atoms with Gasteiger partial charge in [0.05, 0.1) is 12.0 Å². The van der Waals surface area contributed by atoms with E-state index in [1.807, 2.05) is 0 Å². The molecule has 0 bridgehead atoms. The number of carbonyl (C=O) groups is 1. The lowest BCUT2D eigenvalue weighted by Crippen LogP contribution is -2.41. The average molecular weight is 290 g/mol. The van der Waals surface area contributed by atoms with Crippen molar-refractivity contribution in [1.29, 1.82) is 0 Å². The highest BCUT2D eigenvalue weighted by Gasteiger charge is 2.31. The second kappa shape index (κ2) is 5.48. The Morgan fingerprint density at radius 2 is 2.14 bits per heavy atom. The number of halogens is 1. The minimum atomic E-state index is -0.748. The lowest BCUT2D eigenvalue weighted by atomic mass is 10.0. The molecule has 112 valence electrons. The van der Waals surface area contributed by atoms with Crippen LogP contribution in [0.15, 0.2) is 24.4 Å². The molecular formula is C16H19FN2O2. The van der Waals surface area contributed by atoms with Crippen LogP contribution in [-0.2, 0) is 11.2 Å². The van der Waals surface area contributed by atoms with Crippen molar-refractivity contribution in [1.82, 2.24) is 10.3 Å². The van der Waals surface area contributed by atoms with Crippen LogP contribution >= 0.6 is 0 Å². The summed E-state index contributed by atoms with van der Waals surface area (Å²) in [4.78, 5) is 15.0. The Bertz CT molecular complexity index is 659. The second-order valence-corrected chi connectivity index (χ2v) is 5.89. The monoisotopic (exact) mass is 290 g/mol. The summed E-state index contributed by atoms with van der Waals surface area (Å²) >= 11 is 0. The molecule has 1 aromatic heterocycles. The van der Waals surface area contributed by atoms with Gasteiger partial charge in [-0.3, -0.25) is 4.79 Å². The SMILES string of the molecule is O=C(Cc1c[nH]c2ccc(F)cc12)NCC1(O)CCCC1. The first-order chi connectivity index (χ1) is 10.1. The smallest absolute Gasteiger partial charge is 0.224 e. The highest BCUT2D eigenvalue weighted by molar-refractivity contribution is 5.88. The fourth-order valence-electron chi connectivity index (χ4n) is 3.01. The molecule has 0 atom stereocenters. The number of aromatic nitrogens is 1. The molecule has 3 N–H and O–H groups in total. The van der Waals surface area contributed by atoms with Crippen molar-refractivity contribution in [2.24, 2.45) is 0 Å². The number of amides is 1. The molecule has 1 aliphatic carbocycles. The van der Waals surface area contributed by atoms with E-state index in [-0.39, 0.29) is 18.1 Å². The molecule has 2 aromatic rings. The van der Waals surface area contributed by atoms with Gasteiger partial charge in [-0.1, -0.05) is 12.8 Å². The summed E-state index contributed by atoms with van der Waals surface area (Å²) in [7, 11) is 0. The van der Waals surface area contributed by atoms with Crippen LogP contribution < -0.4 is 5.32 Å². The summed E-state index contributed by atoms with van der Waals surface area (Å²) in [5.74, 6) is -0.468. The van der Waals surface area contributed by atoms with Crippen molar-refractivity contribution in [2.75, 3.05) is 6.54 Å². The van der Waals surface area contributed by atoms with Crippen LogP contribution in [0.25, 0.3) is 10.9 Å². The standard InChI is InChI=1S/C16H19FN2O2/c17-12-3-4-14-13(8-12)11(9-18-14)7-15(20)19-10-16(21)5-1-2-6-16/h3-4,8-9,18,21H,1-2,5-7,10H2,(H,19,20). The highest BCUT2D eigenvalue weighted by Crippen LogP contribution is 2.28. The van der Waals surface area contributed by atoms with E-state index in [0.717, 1.165) is 42.1 Å². The third-order valence-electron chi connectivity index (χ3n) is 4.23. The van der Waals surface area contributed by atoms with E-state index >= 15 is 0 Å². The van der Waals surface area contributed by atoms with Crippen molar-refractivity contribution in [3.63, 3.8) is 0 Å². The summed E-state index contributed by atoms with van der Waals surface area (Å²) in [6.07, 6.45) is 5.41. The van der Waals surface area contributed by atoms with Crippen LogP contribution in [0.2, 0.25) is 0 Å². The van der Waals surface area contributed by atoms with Crippen molar-refractivity contribution in [3.05, 3.63) is 35.8 Å². The van der Waals surface area contributed by atoms with Crippen LogP contribution in [0.1, 0.15) is 31.2 Å². The molecule has 1 aromatic carbocycles. The molecule has 1 heterocycles. The van der Waals surface area contributed by atoms with Gasteiger partial charge in [0.1, 0.15) is 5.82 Å². The molecule has 1 fully saturated rings. The van der Waals surface area contributed by atoms with E-state index in [1.54, 1.807) is 12.3 Å². The molecule has 5 heteroatoms. The van der Waals surface area contributed by atoms with Gasteiger partial charge in [-0.15, -0.1) is 0 Å². The number of benzene rings is 1. The van der Waals surface area contributed by atoms with Crippen molar-refractivity contribution >= 4 is 16.8 Å². The topological polar surface area (TPSA) is 65.1 Å². The first-order valence-electron chi connectivity index (χ1n) is 7.30. The molecule has 21 heavy (non-hydrogen) atoms. The summed E-state index contributed by atoms with van der Waals surface area (Å²) in [5.41, 5.74) is 0.830. The number of hydrogen-bond acceptors (Lipinski definition) is 2. The van der Waals surface area contributed by atoms with Crippen molar-refractivity contribution in [3.8, 4) is 0 Å². The first-order valence-corrected chi connectivity index (χ1v) is 7.30. The maximum absolute atomic E-state index is 13.3. The Balaban J connectivity index is 1.64. The third-order valence-corrected chi connectivity index (χ3v) is 4.23. The second-order valence-electron chi connectivity index (χ2n) is 5.89. The van der Waals surface area contributed by atoms with Gasteiger partial charge < -0.3 is 15.4 Å². The Kier molecular flexibility index (Phi) is 3.68. The van der Waals surface area contributed by atoms with Gasteiger partial charge in [0.2, 0.25) is 5.91 Å². The number of nitrogens with one attached hydrogen (secondary N) is 2. The van der Waals surface area contributed by atoms with Crippen molar-refractivity contribution < 1.29 is 14.3 Å². The van der Waals surface area contributed by atoms with E-state index in [1.165, 1.54) is 12.1 Å². The minimum absolute atomic E-state index is 0.152. The molecule has 0 unspecified atom stereocenters. The fraction of sp³-hybridized carbons (Fsp3) is 0.438. The van der Waals surface area contributed by atoms with Gasteiger partial charge in [-0.2, -0.15) is 0 Å². The van der Waals surface area contributed by atoms with Crippen LogP contribution in [-0.4, -0.2) is 28.1 Å². The van der Waals surface area contributed by atoms with Crippen LogP contribution in [0.3, 0.4) is 0 Å². The number of carbonyl (C=O) groups excluding carboxylic acids is 1. The zero-order valence-electron chi connectivity index (χ0n) is 11.8. The van der Waals surface area contributed by atoms with Gasteiger partial charge in [0.25, 0.3) is 0 Å². The molecule has 0 radical (unpaired) electrons. The Labute approximate surface area is 122 Å². The Morgan fingerprint density at radius 3 is 2.90 bits per heavy atom. The average Bonchev–Trinajstić information content (AvgIpc) is 3.05. The Hall–Kier alpha value is -1.88. The molecule has 1 aliphatic rings. The number of aliphatic hydroxyl groups is 1. The molecule has 0 aliphatic heterocycles. The van der Waals surface area contributed by atoms with Crippen LogP contribution in [0, 0.1) is 5.82 Å². The van der Waals surface area contributed by atoms with E-state index in [2.05, 4.69) is 10.3 Å². The summed E-state index contributed by atoms with van der Waals surface area (Å²) in [6.45, 7) is 0.294. The molecule has 1 saturated carbocycles. The van der Waals surface area contributed by atoms with Gasteiger partial charge >= 0.3 is 0 Å². The van der Waals surface area contributed by atoms with Gasteiger partial charge in [0, 0.05) is 23.6 Å². The quantitative estimate of drug-likeness (QED) is 0.808. The van der Waals surface area contributed by atoms with Crippen LogP contribution in [0.5, 0.6) is 0 Å². The summed E-state index contributed by atoms with van der Waals surface area (Å²) in [5, 5.41) is 13.7. The number of fused-ring (bicyclic) bond motifs is 1. The lowest BCUT2D eigenvalue weighted by Gasteiger charge is -2.22.